The van der Waals surface area contributed by atoms with Crippen molar-refractivity contribution in [1.29, 1.82) is 0 Å². The van der Waals surface area contributed by atoms with Gasteiger partial charge in [-0.15, -0.1) is 0 Å². The molecule has 0 radical (unpaired) electrons. The predicted octanol–water partition coefficient (Wildman–Crippen LogP) is 2.85. The fourth-order valence-electron chi connectivity index (χ4n) is 2.24. The van der Waals surface area contributed by atoms with E-state index < -0.39 is 5.97 Å². The first-order chi connectivity index (χ1) is 10.5. The molecule has 0 aliphatic carbocycles. The molecular formula is C14H12ClN3O3S. The van der Waals surface area contributed by atoms with Crippen molar-refractivity contribution in [3.05, 3.63) is 33.8 Å². The van der Waals surface area contributed by atoms with Crippen molar-refractivity contribution < 1.29 is 14.3 Å². The van der Waals surface area contributed by atoms with Gasteiger partial charge in [0.25, 0.3) is 0 Å². The number of ether oxygens (including phenoxy) is 1. The zero-order valence-electron chi connectivity index (χ0n) is 11.8. The number of thiazole rings is 1. The number of rotatable bonds is 3. The largest absolute Gasteiger partial charge is 0.465 e. The Morgan fingerprint density at radius 2 is 2.27 bits per heavy atom. The maximum Gasteiger partial charge on any atom is 0.351 e. The summed E-state index contributed by atoms with van der Waals surface area (Å²) in [6.45, 7) is 0. The number of benzene rings is 1. The van der Waals surface area contributed by atoms with E-state index >= 15 is 0 Å². The molecule has 0 unspecified atom stereocenters. The summed E-state index contributed by atoms with van der Waals surface area (Å²) in [5.74, 6) is -0.450. The molecule has 0 saturated heterocycles. The van der Waals surface area contributed by atoms with Gasteiger partial charge in [0, 0.05) is 18.4 Å². The minimum atomic E-state index is -0.517. The summed E-state index contributed by atoms with van der Waals surface area (Å²) in [6, 6.07) is 5.61. The number of amides is 1. The number of methoxy groups -OCH3 is 1. The van der Waals surface area contributed by atoms with Gasteiger partial charge in [-0.05, 0) is 23.8 Å². The van der Waals surface area contributed by atoms with E-state index in [0.717, 1.165) is 28.3 Å². The summed E-state index contributed by atoms with van der Waals surface area (Å²) in [4.78, 5) is 29.2. The van der Waals surface area contributed by atoms with Crippen molar-refractivity contribution in [2.24, 2.45) is 0 Å². The third-order valence-electron chi connectivity index (χ3n) is 3.36. The van der Waals surface area contributed by atoms with Gasteiger partial charge in [0.05, 0.1) is 13.5 Å². The maximum absolute atomic E-state index is 11.7. The Balaban J connectivity index is 1.84. The van der Waals surface area contributed by atoms with Crippen LogP contribution in [0.3, 0.4) is 0 Å². The van der Waals surface area contributed by atoms with Crippen LogP contribution in [0, 0.1) is 0 Å². The standard InChI is InChI=1S/C14H12ClN3O3S/c1-18-9-4-3-8(5-7(9)6-10(18)19)16-14-17-12(15)11(22-14)13(20)21-2/h3-5H,6H2,1-2H3,(H,16,17). The molecule has 1 N–H and O–H groups in total. The molecule has 1 amide bonds. The molecule has 1 aliphatic heterocycles. The predicted molar refractivity (Wildman–Crippen MR) is 85.3 cm³/mol. The molecule has 0 fully saturated rings. The van der Waals surface area contributed by atoms with E-state index in [1.807, 2.05) is 18.2 Å². The summed E-state index contributed by atoms with van der Waals surface area (Å²) in [6.07, 6.45) is 0.382. The topological polar surface area (TPSA) is 71.5 Å². The van der Waals surface area contributed by atoms with Crippen molar-refractivity contribution >= 4 is 51.3 Å². The monoisotopic (exact) mass is 337 g/mol. The number of nitrogens with one attached hydrogen (secondary N) is 1. The summed E-state index contributed by atoms with van der Waals surface area (Å²) < 4.78 is 4.64. The minimum Gasteiger partial charge on any atom is -0.465 e. The number of hydrogen-bond donors (Lipinski definition) is 1. The number of aromatic nitrogens is 1. The van der Waals surface area contributed by atoms with Crippen molar-refractivity contribution in [1.82, 2.24) is 4.98 Å². The maximum atomic E-state index is 11.7. The third-order valence-corrected chi connectivity index (χ3v) is 4.70. The van der Waals surface area contributed by atoms with Gasteiger partial charge in [-0.25, -0.2) is 9.78 Å². The first kappa shape index (κ1) is 14.8. The van der Waals surface area contributed by atoms with Crippen LogP contribution in [0.15, 0.2) is 18.2 Å². The lowest BCUT2D eigenvalue weighted by Crippen LogP contribution is -2.20. The van der Waals surface area contributed by atoms with Crippen molar-refractivity contribution in [3.8, 4) is 0 Å². The van der Waals surface area contributed by atoms with Crippen LogP contribution in [-0.4, -0.2) is 31.0 Å². The van der Waals surface area contributed by atoms with Crippen LogP contribution in [0.25, 0.3) is 0 Å². The van der Waals surface area contributed by atoms with Crippen LogP contribution < -0.4 is 10.2 Å². The second-order valence-corrected chi connectivity index (χ2v) is 6.09. The van der Waals surface area contributed by atoms with Gasteiger partial charge in [0.1, 0.15) is 0 Å². The van der Waals surface area contributed by atoms with Crippen LogP contribution >= 0.6 is 22.9 Å². The lowest BCUT2D eigenvalue weighted by molar-refractivity contribution is -0.117. The number of halogens is 1. The number of likely N-dealkylation sites (N-methyl/N-ethyl adjacent to an activating group) is 1. The van der Waals surface area contributed by atoms with Gasteiger partial charge < -0.3 is 15.0 Å². The molecule has 0 spiro atoms. The van der Waals surface area contributed by atoms with Crippen LogP contribution in [-0.2, 0) is 16.0 Å². The molecule has 6 nitrogen and oxygen atoms in total. The third kappa shape index (κ3) is 2.53. The van der Waals surface area contributed by atoms with Gasteiger partial charge in [0.15, 0.2) is 15.2 Å². The fourth-order valence-corrected chi connectivity index (χ4v) is 3.37. The average molecular weight is 338 g/mol. The molecular weight excluding hydrogens is 326 g/mol. The fraction of sp³-hybridized carbons (Fsp3) is 0.214. The molecule has 0 bridgehead atoms. The molecule has 2 aromatic rings. The molecule has 1 aromatic carbocycles. The van der Waals surface area contributed by atoms with Crippen molar-refractivity contribution in [2.75, 3.05) is 24.4 Å². The molecule has 1 aliphatic rings. The van der Waals surface area contributed by atoms with Crippen molar-refractivity contribution in [3.63, 3.8) is 0 Å². The lowest BCUT2D eigenvalue weighted by Gasteiger charge is -2.10. The van der Waals surface area contributed by atoms with Gasteiger partial charge in [-0.3, -0.25) is 4.79 Å². The summed E-state index contributed by atoms with van der Waals surface area (Å²) in [5, 5.41) is 3.68. The number of nitrogens with zero attached hydrogens (tertiary/aromatic N) is 2. The molecule has 3 rings (SSSR count). The number of fused-ring (bicyclic) bond motifs is 1. The van der Waals surface area contributed by atoms with Gasteiger partial charge in [0.2, 0.25) is 5.91 Å². The molecule has 0 atom stereocenters. The Morgan fingerprint density at radius 1 is 1.50 bits per heavy atom. The Labute approximate surface area is 135 Å². The van der Waals surface area contributed by atoms with E-state index in [1.54, 1.807) is 11.9 Å². The first-order valence-electron chi connectivity index (χ1n) is 6.40. The smallest absolute Gasteiger partial charge is 0.351 e. The number of carbonyl (C=O) groups excluding carboxylic acids is 2. The Morgan fingerprint density at radius 3 is 3.00 bits per heavy atom. The first-order valence-corrected chi connectivity index (χ1v) is 7.60. The highest BCUT2D eigenvalue weighted by Gasteiger charge is 2.24. The average Bonchev–Trinajstić information content (AvgIpc) is 2.99. The Bertz CT molecular complexity index is 775. The minimum absolute atomic E-state index is 0.0671. The van der Waals surface area contributed by atoms with Crippen molar-refractivity contribution in [2.45, 2.75) is 6.42 Å². The number of hydrogen-bond acceptors (Lipinski definition) is 6. The van der Waals surface area contributed by atoms with E-state index in [1.165, 1.54) is 7.11 Å². The Kier molecular flexibility index (Phi) is 3.76. The Hall–Kier alpha value is -2.12. The highest BCUT2D eigenvalue weighted by atomic mass is 35.5. The highest BCUT2D eigenvalue weighted by molar-refractivity contribution is 7.18. The summed E-state index contributed by atoms with van der Waals surface area (Å²) in [7, 11) is 3.05. The number of anilines is 3. The zero-order chi connectivity index (χ0) is 15.9. The van der Waals surface area contributed by atoms with E-state index in [4.69, 9.17) is 11.6 Å². The van der Waals surface area contributed by atoms with Crippen LogP contribution in [0.2, 0.25) is 5.15 Å². The van der Waals surface area contributed by atoms with Gasteiger partial charge in [-0.2, -0.15) is 0 Å². The molecule has 0 saturated carbocycles. The SMILES string of the molecule is COC(=O)c1sc(Nc2ccc3c(c2)CC(=O)N3C)nc1Cl. The number of esters is 1. The van der Waals surface area contributed by atoms with E-state index in [9.17, 15) is 9.59 Å². The van der Waals surface area contributed by atoms with Crippen LogP contribution in [0.1, 0.15) is 15.2 Å². The number of carbonyl (C=O) groups is 2. The molecule has 8 heteroatoms. The van der Waals surface area contributed by atoms with E-state index in [2.05, 4.69) is 15.0 Å². The normalized spacial score (nSPS) is 13.2. The summed E-state index contributed by atoms with van der Waals surface area (Å²) in [5.41, 5.74) is 2.64. The quantitative estimate of drug-likeness (QED) is 0.872. The molecule has 22 heavy (non-hydrogen) atoms. The highest BCUT2D eigenvalue weighted by Crippen LogP contribution is 2.33. The molecule has 2 heterocycles. The van der Waals surface area contributed by atoms with Crippen LogP contribution in [0.4, 0.5) is 16.5 Å². The van der Waals surface area contributed by atoms with E-state index in [0.29, 0.717) is 11.6 Å². The summed E-state index contributed by atoms with van der Waals surface area (Å²) >= 11 is 7.04. The second kappa shape index (κ2) is 5.58. The zero-order valence-corrected chi connectivity index (χ0v) is 13.4. The van der Waals surface area contributed by atoms with Crippen LogP contribution in [0.5, 0.6) is 0 Å². The van der Waals surface area contributed by atoms with Gasteiger partial charge in [-0.1, -0.05) is 22.9 Å². The van der Waals surface area contributed by atoms with Gasteiger partial charge >= 0.3 is 5.97 Å². The second-order valence-electron chi connectivity index (χ2n) is 4.73. The van der Waals surface area contributed by atoms with E-state index in [-0.39, 0.29) is 15.9 Å². The lowest BCUT2D eigenvalue weighted by atomic mass is 10.1. The molecule has 1 aromatic heterocycles. The molecule has 114 valence electrons.